The lowest BCUT2D eigenvalue weighted by molar-refractivity contribution is -0.141. The highest BCUT2D eigenvalue weighted by molar-refractivity contribution is 6.30. The zero-order valence-corrected chi connectivity index (χ0v) is 16.6. The van der Waals surface area contributed by atoms with Gasteiger partial charge in [-0.15, -0.1) is 0 Å². The highest BCUT2D eigenvalue weighted by Gasteiger charge is 2.29. The van der Waals surface area contributed by atoms with Crippen LogP contribution in [0.4, 0.5) is 0 Å². The predicted octanol–water partition coefficient (Wildman–Crippen LogP) is 4.06. The van der Waals surface area contributed by atoms with Gasteiger partial charge in [-0.05, 0) is 30.0 Å². The van der Waals surface area contributed by atoms with Crippen molar-refractivity contribution in [2.45, 2.75) is 58.9 Å². The fourth-order valence-corrected chi connectivity index (χ4v) is 2.95. The highest BCUT2D eigenvalue weighted by Crippen LogP contribution is 2.17. The third-order valence-electron chi connectivity index (χ3n) is 4.14. The predicted molar refractivity (Wildman–Crippen MR) is 104 cm³/mol. The first kappa shape index (κ1) is 21.5. The normalized spacial score (nSPS) is 12.1. The molecule has 0 fully saturated rings. The van der Waals surface area contributed by atoms with Gasteiger partial charge < -0.3 is 10.2 Å². The molecule has 4 nitrogen and oxygen atoms in total. The Hall–Kier alpha value is -1.55. The van der Waals surface area contributed by atoms with Crippen LogP contribution < -0.4 is 5.32 Å². The quantitative estimate of drug-likeness (QED) is 0.635. The maximum atomic E-state index is 12.8. The molecule has 140 valence electrons. The third-order valence-corrected chi connectivity index (χ3v) is 4.40. The van der Waals surface area contributed by atoms with Gasteiger partial charge in [-0.1, -0.05) is 57.3 Å². The second kappa shape index (κ2) is 11.1. The number of carbonyl (C=O) groups is 2. The van der Waals surface area contributed by atoms with E-state index < -0.39 is 6.04 Å². The zero-order chi connectivity index (χ0) is 18.8. The Labute approximate surface area is 156 Å². The minimum absolute atomic E-state index is 0.0599. The summed E-state index contributed by atoms with van der Waals surface area (Å²) in [6, 6.07) is 6.95. The van der Waals surface area contributed by atoms with Gasteiger partial charge >= 0.3 is 0 Å². The number of hydrogen-bond donors (Lipinski definition) is 1. The van der Waals surface area contributed by atoms with Crippen molar-refractivity contribution >= 4 is 23.4 Å². The molecule has 0 aromatic heterocycles. The van der Waals surface area contributed by atoms with E-state index in [4.69, 9.17) is 11.6 Å². The molecule has 25 heavy (non-hydrogen) atoms. The lowest BCUT2D eigenvalue weighted by atomic mass is 10.0. The number of nitrogens with zero attached hydrogens (tertiary/aromatic N) is 1. The molecule has 0 aliphatic carbocycles. The number of nitrogens with one attached hydrogen (secondary N) is 1. The second-order valence-electron chi connectivity index (χ2n) is 6.86. The van der Waals surface area contributed by atoms with E-state index in [1.165, 1.54) is 0 Å². The molecule has 2 amide bonds. The zero-order valence-electron chi connectivity index (χ0n) is 15.8. The Morgan fingerprint density at radius 1 is 1.16 bits per heavy atom. The summed E-state index contributed by atoms with van der Waals surface area (Å²) in [7, 11) is 1.62. The summed E-state index contributed by atoms with van der Waals surface area (Å²) < 4.78 is 0. The van der Waals surface area contributed by atoms with E-state index in [-0.39, 0.29) is 11.8 Å². The summed E-state index contributed by atoms with van der Waals surface area (Å²) in [4.78, 5) is 27.1. The number of halogens is 1. The number of benzene rings is 1. The highest BCUT2D eigenvalue weighted by atomic mass is 35.5. The molecule has 0 aliphatic heterocycles. The van der Waals surface area contributed by atoms with Crippen molar-refractivity contribution in [1.82, 2.24) is 10.2 Å². The van der Waals surface area contributed by atoms with Crippen LogP contribution in [0.3, 0.4) is 0 Å². The molecule has 0 saturated carbocycles. The first-order chi connectivity index (χ1) is 11.9. The van der Waals surface area contributed by atoms with Gasteiger partial charge in [-0.3, -0.25) is 9.59 Å². The summed E-state index contributed by atoms with van der Waals surface area (Å²) in [5.74, 6) is 0.233. The summed E-state index contributed by atoms with van der Waals surface area (Å²) in [6.07, 6.45) is 3.95. The van der Waals surface area contributed by atoms with E-state index in [1.54, 1.807) is 11.9 Å². The minimum atomic E-state index is -0.497. The molecular formula is C20H31ClN2O2. The van der Waals surface area contributed by atoms with Gasteiger partial charge in [0, 0.05) is 31.5 Å². The van der Waals surface area contributed by atoms with Gasteiger partial charge in [0.25, 0.3) is 0 Å². The molecular weight excluding hydrogens is 336 g/mol. The Kier molecular flexibility index (Phi) is 9.58. The lowest BCUT2D eigenvalue weighted by Gasteiger charge is -2.32. The van der Waals surface area contributed by atoms with Crippen molar-refractivity contribution in [3.63, 3.8) is 0 Å². The van der Waals surface area contributed by atoms with Crippen molar-refractivity contribution < 1.29 is 9.59 Å². The fourth-order valence-electron chi connectivity index (χ4n) is 2.82. The van der Waals surface area contributed by atoms with Crippen LogP contribution in [-0.2, 0) is 16.0 Å². The number of likely N-dealkylation sites (N-methyl/N-ethyl adjacent to an activating group) is 1. The average Bonchev–Trinajstić information content (AvgIpc) is 2.58. The van der Waals surface area contributed by atoms with Crippen molar-refractivity contribution in [1.29, 1.82) is 0 Å². The van der Waals surface area contributed by atoms with E-state index in [0.717, 1.165) is 24.8 Å². The van der Waals surface area contributed by atoms with Crippen LogP contribution in [0.5, 0.6) is 0 Å². The molecule has 0 bridgehead atoms. The number of unbranched alkanes of at least 4 members (excludes halogenated alkanes) is 2. The van der Waals surface area contributed by atoms with E-state index >= 15 is 0 Å². The monoisotopic (exact) mass is 366 g/mol. The van der Waals surface area contributed by atoms with Gasteiger partial charge in [-0.2, -0.15) is 0 Å². The molecule has 0 spiro atoms. The summed E-state index contributed by atoms with van der Waals surface area (Å²) in [5.41, 5.74) is 0.994. The molecule has 0 aliphatic rings. The van der Waals surface area contributed by atoms with Crippen LogP contribution in [0.2, 0.25) is 5.02 Å². The van der Waals surface area contributed by atoms with Crippen molar-refractivity contribution in [3.05, 3.63) is 34.9 Å². The van der Waals surface area contributed by atoms with Crippen molar-refractivity contribution in [2.75, 3.05) is 13.6 Å². The van der Waals surface area contributed by atoms with Crippen molar-refractivity contribution in [3.8, 4) is 0 Å². The Bertz CT molecular complexity index is 543. The average molecular weight is 367 g/mol. The van der Waals surface area contributed by atoms with Crippen LogP contribution in [0.15, 0.2) is 24.3 Å². The minimum Gasteiger partial charge on any atom is -0.357 e. The molecule has 1 atom stereocenters. The topological polar surface area (TPSA) is 49.4 Å². The van der Waals surface area contributed by atoms with E-state index in [0.29, 0.717) is 30.3 Å². The number of rotatable bonds is 10. The summed E-state index contributed by atoms with van der Waals surface area (Å²) >= 11 is 5.95. The smallest absolute Gasteiger partial charge is 0.242 e. The fraction of sp³-hybridized carbons (Fsp3) is 0.600. The lowest BCUT2D eigenvalue weighted by Crippen LogP contribution is -2.51. The van der Waals surface area contributed by atoms with Gasteiger partial charge in [-0.25, -0.2) is 0 Å². The van der Waals surface area contributed by atoms with Gasteiger partial charge in [0.15, 0.2) is 0 Å². The first-order valence-corrected chi connectivity index (χ1v) is 9.52. The molecule has 1 N–H and O–H groups in total. The van der Waals surface area contributed by atoms with E-state index in [1.807, 2.05) is 24.3 Å². The van der Waals surface area contributed by atoms with Gasteiger partial charge in [0.2, 0.25) is 11.8 Å². The summed E-state index contributed by atoms with van der Waals surface area (Å²) in [5, 5.41) is 3.38. The number of amides is 2. The van der Waals surface area contributed by atoms with E-state index in [9.17, 15) is 9.59 Å². The Morgan fingerprint density at radius 3 is 2.32 bits per heavy atom. The summed E-state index contributed by atoms with van der Waals surface area (Å²) in [6.45, 7) is 6.83. The van der Waals surface area contributed by atoms with Crippen molar-refractivity contribution in [2.24, 2.45) is 5.92 Å². The van der Waals surface area contributed by atoms with Gasteiger partial charge in [0.05, 0.1) is 0 Å². The Morgan fingerprint density at radius 2 is 1.80 bits per heavy atom. The molecule has 1 aromatic rings. The van der Waals surface area contributed by atoms with Crippen LogP contribution >= 0.6 is 11.6 Å². The van der Waals surface area contributed by atoms with Crippen LogP contribution in [0.1, 0.15) is 52.0 Å². The maximum absolute atomic E-state index is 12.8. The SMILES string of the molecule is CCCCCC(=O)N(CC(C)C)[C@@H](Cc1ccc(Cl)cc1)C(=O)NC. The number of carbonyl (C=O) groups excluding carboxylic acids is 2. The molecule has 1 rings (SSSR count). The van der Waals surface area contributed by atoms with Crippen LogP contribution in [-0.4, -0.2) is 36.3 Å². The van der Waals surface area contributed by atoms with Crippen LogP contribution in [0.25, 0.3) is 0 Å². The second-order valence-corrected chi connectivity index (χ2v) is 7.29. The molecule has 0 saturated heterocycles. The molecule has 1 aromatic carbocycles. The van der Waals surface area contributed by atoms with E-state index in [2.05, 4.69) is 26.1 Å². The first-order valence-electron chi connectivity index (χ1n) is 9.14. The number of hydrogen-bond acceptors (Lipinski definition) is 2. The van der Waals surface area contributed by atoms with Crippen LogP contribution in [0, 0.1) is 5.92 Å². The molecule has 0 unspecified atom stereocenters. The third kappa shape index (κ3) is 7.47. The molecule has 0 heterocycles. The largest absolute Gasteiger partial charge is 0.357 e. The standard InChI is InChI=1S/C20H31ClN2O2/c1-5-6-7-8-19(24)23(14-15(2)3)18(20(25)22-4)13-16-9-11-17(21)12-10-16/h9-12,15,18H,5-8,13-14H2,1-4H3,(H,22,25)/t18-/m0/s1. The Balaban J connectivity index is 2.99. The maximum Gasteiger partial charge on any atom is 0.242 e. The van der Waals surface area contributed by atoms with Gasteiger partial charge in [0.1, 0.15) is 6.04 Å². The molecule has 5 heteroatoms. The molecule has 0 radical (unpaired) electrons.